The molecule has 1 aliphatic carbocycles. The average Bonchev–Trinajstić information content (AvgIpc) is 2.95. The molecule has 0 atom stereocenters. The number of hydrogen-bond donors (Lipinski definition) is 2. The van der Waals surface area contributed by atoms with Gasteiger partial charge in [-0.2, -0.15) is 0 Å². The standard InChI is InChI=1S/C10H10BrFN2O/c11-8-4-1-6(12)5-9(8)14-10(15)13-7-2-3-7/h1,4-5,7H,2-3H2,(H2,13,14,15). The van der Waals surface area contributed by atoms with Gasteiger partial charge in [0.1, 0.15) is 5.82 Å². The van der Waals surface area contributed by atoms with Crippen LogP contribution < -0.4 is 10.6 Å². The molecular formula is C10H10BrFN2O. The maximum atomic E-state index is 12.9. The van der Waals surface area contributed by atoms with Crippen molar-refractivity contribution in [3.05, 3.63) is 28.5 Å². The Labute approximate surface area is 95.2 Å². The zero-order valence-corrected chi connectivity index (χ0v) is 9.47. The summed E-state index contributed by atoms with van der Waals surface area (Å²) in [6.07, 6.45) is 2.05. The third-order valence-corrected chi connectivity index (χ3v) is 2.78. The van der Waals surface area contributed by atoms with E-state index in [1.807, 2.05) is 0 Å². The number of rotatable bonds is 2. The molecule has 15 heavy (non-hydrogen) atoms. The van der Waals surface area contributed by atoms with E-state index in [2.05, 4.69) is 26.6 Å². The van der Waals surface area contributed by atoms with E-state index in [0.29, 0.717) is 10.2 Å². The molecule has 1 aromatic carbocycles. The van der Waals surface area contributed by atoms with Gasteiger partial charge in [-0.25, -0.2) is 9.18 Å². The zero-order valence-electron chi connectivity index (χ0n) is 7.89. The second-order valence-electron chi connectivity index (χ2n) is 3.50. The van der Waals surface area contributed by atoms with E-state index in [1.54, 1.807) is 6.07 Å². The molecule has 0 aliphatic heterocycles. The zero-order chi connectivity index (χ0) is 10.8. The highest BCUT2D eigenvalue weighted by Crippen LogP contribution is 2.23. The summed E-state index contributed by atoms with van der Waals surface area (Å²) in [7, 11) is 0. The highest BCUT2D eigenvalue weighted by molar-refractivity contribution is 9.10. The maximum absolute atomic E-state index is 12.9. The van der Waals surface area contributed by atoms with Crippen LogP contribution in [0.15, 0.2) is 22.7 Å². The van der Waals surface area contributed by atoms with Gasteiger partial charge in [0.2, 0.25) is 0 Å². The van der Waals surface area contributed by atoms with Crippen molar-refractivity contribution in [3.63, 3.8) is 0 Å². The minimum absolute atomic E-state index is 0.288. The van der Waals surface area contributed by atoms with E-state index < -0.39 is 0 Å². The van der Waals surface area contributed by atoms with Gasteiger partial charge in [-0.3, -0.25) is 0 Å². The molecule has 0 saturated heterocycles. The summed E-state index contributed by atoms with van der Waals surface area (Å²) < 4.78 is 13.5. The predicted molar refractivity (Wildman–Crippen MR) is 59.3 cm³/mol. The summed E-state index contributed by atoms with van der Waals surface area (Å²) in [5.74, 6) is -0.375. The van der Waals surface area contributed by atoms with Crippen LogP contribution in [0.25, 0.3) is 0 Å². The van der Waals surface area contributed by atoms with Crippen LogP contribution in [0.4, 0.5) is 14.9 Å². The molecule has 0 heterocycles. The Bertz CT molecular complexity index is 393. The lowest BCUT2D eigenvalue weighted by Gasteiger charge is -2.08. The fourth-order valence-electron chi connectivity index (χ4n) is 1.16. The molecule has 1 aliphatic rings. The van der Waals surface area contributed by atoms with E-state index in [-0.39, 0.29) is 17.9 Å². The van der Waals surface area contributed by atoms with Crippen LogP contribution in [-0.2, 0) is 0 Å². The number of anilines is 1. The van der Waals surface area contributed by atoms with Crippen molar-refractivity contribution in [1.82, 2.24) is 5.32 Å². The predicted octanol–water partition coefficient (Wildman–Crippen LogP) is 2.87. The SMILES string of the molecule is O=C(Nc1cc(F)ccc1Br)NC1CC1. The van der Waals surface area contributed by atoms with E-state index in [0.717, 1.165) is 12.8 Å². The molecule has 1 saturated carbocycles. The fourth-order valence-corrected chi connectivity index (χ4v) is 1.51. The van der Waals surface area contributed by atoms with Crippen LogP contribution in [0.3, 0.4) is 0 Å². The molecule has 0 aromatic heterocycles. The van der Waals surface area contributed by atoms with Crippen LogP contribution in [0, 0.1) is 5.82 Å². The average molecular weight is 273 g/mol. The molecule has 1 aromatic rings. The lowest BCUT2D eigenvalue weighted by molar-refractivity contribution is 0.251. The van der Waals surface area contributed by atoms with Gasteiger partial charge >= 0.3 is 6.03 Å². The summed E-state index contributed by atoms with van der Waals surface area (Å²) in [4.78, 5) is 11.4. The summed E-state index contributed by atoms with van der Waals surface area (Å²) >= 11 is 3.23. The minimum Gasteiger partial charge on any atom is -0.335 e. The van der Waals surface area contributed by atoms with Crippen LogP contribution in [0.5, 0.6) is 0 Å². The number of amides is 2. The second-order valence-corrected chi connectivity index (χ2v) is 4.35. The van der Waals surface area contributed by atoms with E-state index in [1.165, 1.54) is 12.1 Å². The third kappa shape index (κ3) is 2.92. The molecule has 5 heteroatoms. The summed E-state index contributed by atoms with van der Waals surface area (Å²) in [6.45, 7) is 0. The van der Waals surface area contributed by atoms with E-state index in [9.17, 15) is 9.18 Å². The topological polar surface area (TPSA) is 41.1 Å². The lowest BCUT2D eigenvalue weighted by Crippen LogP contribution is -2.30. The first-order valence-electron chi connectivity index (χ1n) is 4.68. The van der Waals surface area contributed by atoms with Crippen molar-refractivity contribution >= 4 is 27.6 Å². The number of carbonyl (C=O) groups is 1. The lowest BCUT2D eigenvalue weighted by atomic mass is 10.3. The molecule has 0 bridgehead atoms. The Hall–Kier alpha value is -1.10. The highest BCUT2D eigenvalue weighted by Gasteiger charge is 2.23. The fraction of sp³-hybridized carbons (Fsp3) is 0.300. The number of nitrogens with one attached hydrogen (secondary N) is 2. The molecule has 1 fully saturated rings. The minimum atomic E-state index is -0.375. The first-order chi connectivity index (χ1) is 7.15. The second kappa shape index (κ2) is 4.18. The molecule has 2 rings (SSSR count). The van der Waals surface area contributed by atoms with Crippen molar-refractivity contribution in [2.45, 2.75) is 18.9 Å². The van der Waals surface area contributed by atoms with Crippen LogP contribution in [0.2, 0.25) is 0 Å². The number of benzene rings is 1. The van der Waals surface area contributed by atoms with Gasteiger partial charge in [0, 0.05) is 10.5 Å². The Morgan fingerprint density at radius 3 is 2.87 bits per heavy atom. The number of hydrogen-bond acceptors (Lipinski definition) is 1. The first kappa shape index (κ1) is 10.4. The van der Waals surface area contributed by atoms with Crippen molar-refractivity contribution < 1.29 is 9.18 Å². The molecule has 3 nitrogen and oxygen atoms in total. The Morgan fingerprint density at radius 1 is 1.47 bits per heavy atom. The molecule has 0 spiro atoms. The number of carbonyl (C=O) groups excluding carboxylic acids is 1. The van der Waals surface area contributed by atoms with Gasteiger partial charge in [-0.1, -0.05) is 0 Å². The van der Waals surface area contributed by atoms with E-state index >= 15 is 0 Å². The molecule has 2 amide bonds. The Morgan fingerprint density at radius 2 is 2.20 bits per heavy atom. The summed E-state index contributed by atoms with van der Waals surface area (Å²) in [6, 6.07) is 4.16. The van der Waals surface area contributed by atoms with Gasteiger partial charge in [-0.05, 0) is 47.0 Å². The Kier molecular flexibility index (Phi) is 2.90. The van der Waals surface area contributed by atoms with E-state index in [4.69, 9.17) is 0 Å². The largest absolute Gasteiger partial charge is 0.335 e. The monoisotopic (exact) mass is 272 g/mol. The highest BCUT2D eigenvalue weighted by atomic mass is 79.9. The smallest absolute Gasteiger partial charge is 0.319 e. The molecule has 80 valence electrons. The normalized spacial score (nSPS) is 14.8. The van der Waals surface area contributed by atoms with Gasteiger partial charge in [-0.15, -0.1) is 0 Å². The van der Waals surface area contributed by atoms with Gasteiger partial charge in [0.25, 0.3) is 0 Å². The van der Waals surface area contributed by atoms with Crippen molar-refractivity contribution in [3.8, 4) is 0 Å². The molecule has 2 N–H and O–H groups in total. The third-order valence-electron chi connectivity index (χ3n) is 2.09. The number of halogens is 2. The van der Waals surface area contributed by atoms with Gasteiger partial charge in [0.05, 0.1) is 5.69 Å². The summed E-state index contributed by atoms with van der Waals surface area (Å²) in [5.41, 5.74) is 0.438. The van der Waals surface area contributed by atoms with Crippen LogP contribution >= 0.6 is 15.9 Å². The van der Waals surface area contributed by atoms with Crippen molar-refractivity contribution in [2.24, 2.45) is 0 Å². The molecule has 0 unspecified atom stereocenters. The van der Waals surface area contributed by atoms with Crippen molar-refractivity contribution in [2.75, 3.05) is 5.32 Å². The van der Waals surface area contributed by atoms with Gasteiger partial charge < -0.3 is 10.6 Å². The molecular weight excluding hydrogens is 263 g/mol. The van der Waals surface area contributed by atoms with Crippen molar-refractivity contribution in [1.29, 1.82) is 0 Å². The molecule has 0 radical (unpaired) electrons. The maximum Gasteiger partial charge on any atom is 0.319 e. The Balaban J connectivity index is 2.01. The summed E-state index contributed by atoms with van der Waals surface area (Å²) in [5, 5.41) is 5.34. The van der Waals surface area contributed by atoms with Gasteiger partial charge in [0.15, 0.2) is 0 Å². The van der Waals surface area contributed by atoms with Crippen LogP contribution in [0.1, 0.15) is 12.8 Å². The van der Waals surface area contributed by atoms with Crippen LogP contribution in [-0.4, -0.2) is 12.1 Å². The quantitative estimate of drug-likeness (QED) is 0.854. The number of urea groups is 1. The first-order valence-corrected chi connectivity index (χ1v) is 5.47.